The molecule has 0 bridgehead atoms. The van der Waals surface area contributed by atoms with E-state index < -0.39 is 11.6 Å². The van der Waals surface area contributed by atoms with Gasteiger partial charge in [0.1, 0.15) is 12.4 Å². The zero-order valence-electron chi connectivity index (χ0n) is 16.0. The average molecular weight is 512 g/mol. The SMILES string of the molecule is CCNC(=NCCOc1ccc(F)c(F)c1)NC1CCN(C(=O)OC)CC1.I. The molecule has 0 radical (unpaired) electrons. The number of carbonyl (C=O) groups is 1. The lowest BCUT2D eigenvalue weighted by atomic mass is 10.1. The molecule has 0 atom stereocenters. The normalized spacial score (nSPS) is 14.9. The van der Waals surface area contributed by atoms with Gasteiger partial charge in [-0.15, -0.1) is 24.0 Å². The van der Waals surface area contributed by atoms with Gasteiger partial charge in [-0.25, -0.2) is 18.6 Å². The Morgan fingerprint density at radius 2 is 2.00 bits per heavy atom. The van der Waals surface area contributed by atoms with E-state index in [0.717, 1.165) is 25.0 Å². The van der Waals surface area contributed by atoms with Crippen LogP contribution in [0.15, 0.2) is 23.2 Å². The number of likely N-dealkylation sites (tertiary alicyclic amines) is 1. The van der Waals surface area contributed by atoms with Crippen molar-refractivity contribution in [3.63, 3.8) is 0 Å². The highest BCUT2D eigenvalue weighted by atomic mass is 127. The number of carbonyl (C=O) groups excluding carboxylic acids is 1. The Bertz CT molecular complexity index is 656. The molecule has 0 spiro atoms. The molecule has 1 aromatic carbocycles. The second-order valence-corrected chi connectivity index (χ2v) is 6.06. The summed E-state index contributed by atoms with van der Waals surface area (Å²) in [6, 6.07) is 3.62. The Labute approximate surface area is 180 Å². The fraction of sp³-hybridized carbons (Fsp3) is 0.556. The number of amides is 1. The predicted octanol–water partition coefficient (Wildman–Crippen LogP) is 2.75. The summed E-state index contributed by atoms with van der Waals surface area (Å²) in [5.74, 6) is -0.929. The Morgan fingerprint density at radius 3 is 2.61 bits per heavy atom. The summed E-state index contributed by atoms with van der Waals surface area (Å²) in [5, 5.41) is 6.50. The number of ether oxygens (including phenoxy) is 2. The van der Waals surface area contributed by atoms with Crippen LogP contribution in [0.25, 0.3) is 0 Å². The van der Waals surface area contributed by atoms with Crippen LogP contribution in [0.2, 0.25) is 0 Å². The number of benzene rings is 1. The number of piperidine rings is 1. The van der Waals surface area contributed by atoms with Crippen LogP contribution in [0.5, 0.6) is 5.75 Å². The number of aliphatic imine (C=N–C) groups is 1. The fourth-order valence-corrected chi connectivity index (χ4v) is 2.74. The van der Waals surface area contributed by atoms with Gasteiger partial charge in [0.2, 0.25) is 0 Å². The van der Waals surface area contributed by atoms with Crippen molar-refractivity contribution >= 4 is 36.0 Å². The molecule has 2 N–H and O–H groups in total. The van der Waals surface area contributed by atoms with Gasteiger partial charge in [0.05, 0.1) is 13.7 Å². The second kappa shape index (κ2) is 12.6. The molecular formula is C18H27F2IN4O3. The molecule has 1 aromatic rings. The van der Waals surface area contributed by atoms with E-state index in [1.165, 1.54) is 13.2 Å². The lowest BCUT2D eigenvalue weighted by Crippen LogP contribution is -2.49. The van der Waals surface area contributed by atoms with Crippen molar-refractivity contribution in [2.45, 2.75) is 25.8 Å². The summed E-state index contributed by atoms with van der Waals surface area (Å²) < 4.78 is 36.2. The van der Waals surface area contributed by atoms with Crippen molar-refractivity contribution in [1.29, 1.82) is 0 Å². The maximum Gasteiger partial charge on any atom is 0.409 e. The van der Waals surface area contributed by atoms with Gasteiger partial charge in [-0.1, -0.05) is 0 Å². The second-order valence-electron chi connectivity index (χ2n) is 6.06. The molecule has 0 saturated carbocycles. The molecule has 7 nitrogen and oxygen atoms in total. The molecule has 158 valence electrons. The average Bonchev–Trinajstić information content (AvgIpc) is 2.68. The fourth-order valence-electron chi connectivity index (χ4n) is 2.74. The summed E-state index contributed by atoms with van der Waals surface area (Å²) in [7, 11) is 1.38. The first-order valence-corrected chi connectivity index (χ1v) is 8.99. The van der Waals surface area contributed by atoms with Crippen molar-refractivity contribution < 1.29 is 23.0 Å². The van der Waals surface area contributed by atoms with Gasteiger partial charge in [-0.05, 0) is 31.9 Å². The maximum atomic E-state index is 13.1. The summed E-state index contributed by atoms with van der Waals surface area (Å²) >= 11 is 0. The molecule has 1 heterocycles. The molecule has 28 heavy (non-hydrogen) atoms. The molecule has 0 aromatic heterocycles. The first kappa shape index (κ1) is 24.2. The van der Waals surface area contributed by atoms with Crippen molar-refractivity contribution in [3.05, 3.63) is 29.8 Å². The van der Waals surface area contributed by atoms with Crippen LogP contribution < -0.4 is 15.4 Å². The van der Waals surface area contributed by atoms with Gasteiger partial charge in [0, 0.05) is 31.7 Å². The summed E-state index contributed by atoms with van der Waals surface area (Å²) in [4.78, 5) is 17.6. The standard InChI is InChI=1S/C18H26F2N4O3.HI/c1-3-21-17(23-13-6-9-24(10-7-13)18(25)26-2)22-8-11-27-14-4-5-15(19)16(20)12-14;/h4-5,12-13H,3,6-11H2,1-2H3,(H2,21,22,23);1H. The van der Waals surface area contributed by atoms with Crippen molar-refractivity contribution in [2.75, 3.05) is 39.9 Å². The van der Waals surface area contributed by atoms with Crippen LogP contribution in [0.1, 0.15) is 19.8 Å². The minimum atomic E-state index is -0.940. The van der Waals surface area contributed by atoms with Crippen molar-refractivity contribution in [3.8, 4) is 5.75 Å². The highest BCUT2D eigenvalue weighted by Gasteiger charge is 2.23. The van der Waals surface area contributed by atoms with Crippen LogP contribution in [-0.2, 0) is 4.74 Å². The van der Waals surface area contributed by atoms with Crippen LogP contribution >= 0.6 is 24.0 Å². The van der Waals surface area contributed by atoms with E-state index in [9.17, 15) is 13.6 Å². The predicted molar refractivity (Wildman–Crippen MR) is 113 cm³/mol. The molecule has 1 saturated heterocycles. The minimum Gasteiger partial charge on any atom is -0.492 e. The zero-order chi connectivity index (χ0) is 19.6. The third-order valence-corrected chi connectivity index (χ3v) is 4.13. The summed E-state index contributed by atoms with van der Waals surface area (Å²) in [6.45, 7) is 4.52. The number of nitrogens with one attached hydrogen (secondary N) is 2. The highest BCUT2D eigenvalue weighted by molar-refractivity contribution is 14.0. The smallest absolute Gasteiger partial charge is 0.409 e. The molecule has 1 fully saturated rings. The molecular weight excluding hydrogens is 485 g/mol. The molecule has 1 aliphatic heterocycles. The number of methoxy groups -OCH3 is 1. The van der Waals surface area contributed by atoms with E-state index >= 15 is 0 Å². The third-order valence-electron chi connectivity index (χ3n) is 4.13. The Balaban J connectivity index is 0.00000392. The molecule has 1 amide bonds. The van der Waals surface area contributed by atoms with Gasteiger partial charge in [-0.3, -0.25) is 0 Å². The Kier molecular flexibility index (Phi) is 10.9. The lowest BCUT2D eigenvalue weighted by Gasteiger charge is -2.32. The van der Waals surface area contributed by atoms with E-state index in [2.05, 4.69) is 15.6 Å². The number of hydrogen-bond acceptors (Lipinski definition) is 4. The first-order valence-electron chi connectivity index (χ1n) is 8.99. The molecule has 0 aliphatic carbocycles. The van der Waals surface area contributed by atoms with Gasteiger partial charge >= 0.3 is 6.09 Å². The third kappa shape index (κ3) is 7.64. The van der Waals surface area contributed by atoms with E-state index in [1.807, 2.05) is 6.92 Å². The largest absolute Gasteiger partial charge is 0.492 e. The monoisotopic (exact) mass is 512 g/mol. The lowest BCUT2D eigenvalue weighted by molar-refractivity contribution is 0.111. The van der Waals surface area contributed by atoms with Gasteiger partial charge in [0.25, 0.3) is 0 Å². The number of guanidine groups is 1. The van der Waals surface area contributed by atoms with E-state index in [-0.39, 0.29) is 48.5 Å². The number of rotatable bonds is 6. The molecule has 0 unspecified atom stereocenters. The van der Waals surface area contributed by atoms with Gasteiger partial charge in [-0.2, -0.15) is 0 Å². The molecule has 1 aliphatic rings. The van der Waals surface area contributed by atoms with Gasteiger partial charge < -0.3 is 25.0 Å². The van der Waals surface area contributed by atoms with E-state index in [4.69, 9.17) is 9.47 Å². The van der Waals surface area contributed by atoms with Crippen LogP contribution in [0, 0.1) is 11.6 Å². The first-order chi connectivity index (χ1) is 13.0. The number of halogens is 3. The highest BCUT2D eigenvalue weighted by Crippen LogP contribution is 2.15. The van der Waals surface area contributed by atoms with E-state index in [1.54, 1.807) is 4.90 Å². The van der Waals surface area contributed by atoms with Crippen LogP contribution in [-0.4, -0.2) is 62.9 Å². The van der Waals surface area contributed by atoms with Gasteiger partial charge in [0.15, 0.2) is 17.6 Å². The minimum absolute atomic E-state index is 0. The van der Waals surface area contributed by atoms with Crippen LogP contribution in [0.4, 0.5) is 13.6 Å². The number of nitrogens with zero attached hydrogens (tertiary/aromatic N) is 2. The van der Waals surface area contributed by atoms with Crippen molar-refractivity contribution in [2.24, 2.45) is 4.99 Å². The number of hydrogen-bond donors (Lipinski definition) is 2. The molecule has 10 heteroatoms. The van der Waals surface area contributed by atoms with E-state index in [0.29, 0.717) is 32.1 Å². The quantitative estimate of drug-likeness (QED) is 0.266. The van der Waals surface area contributed by atoms with Crippen molar-refractivity contribution in [1.82, 2.24) is 15.5 Å². The summed E-state index contributed by atoms with van der Waals surface area (Å²) in [6.07, 6.45) is 1.29. The topological polar surface area (TPSA) is 75.2 Å². The molecule has 2 rings (SSSR count). The maximum absolute atomic E-state index is 13.1. The summed E-state index contributed by atoms with van der Waals surface area (Å²) in [5.41, 5.74) is 0. The Morgan fingerprint density at radius 1 is 1.29 bits per heavy atom. The Hall–Kier alpha value is -1.85. The zero-order valence-corrected chi connectivity index (χ0v) is 18.4. The van der Waals surface area contributed by atoms with Crippen LogP contribution in [0.3, 0.4) is 0 Å².